The van der Waals surface area contributed by atoms with E-state index < -0.39 is 47.7 Å². The van der Waals surface area contributed by atoms with Gasteiger partial charge in [-0.2, -0.15) is 0 Å². The minimum absolute atomic E-state index is 0.00949. The molecule has 0 aromatic carbocycles. The van der Waals surface area contributed by atoms with Crippen molar-refractivity contribution in [3.63, 3.8) is 0 Å². The Kier molecular flexibility index (Phi) is 14.7. The Morgan fingerprint density at radius 1 is 0.606 bits per heavy atom. The van der Waals surface area contributed by atoms with Gasteiger partial charge in [0.1, 0.15) is 25.6 Å². The molecule has 0 fully saturated rings. The molecule has 0 saturated carbocycles. The van der Waals surface area contributed by atoms with Crippen LogP contribution < -0.4 is 0 Å². The van der Waals surface area contributed by atoms with Gasteiger partial charge < -0.3 is 34.6 Å². The lowest BCUT2D eigenvalue weighted by Gasteiger charge is -2.32. The van der Waals surface area contributed by atoms with Gasteiger partial charge >= 0.3 is 17.9 Å². The van der Waals surface area contributed by atoms with E-state index in [1.165, 1.54) is 27.7 Å². The van der Waals surface area contributed by atoms with Crippen molar-refractivity contribution in [1.29, 1.82) is 0 Å². The molecule has 0 spiro atoms. The maximum atomic E-state index is 12.2. The van der Waals surface area contributed by atoms with Crippen LogP contribution in [0.25, 0.3) is 0 Å². The zero-order valence-corrected chi connectivity index (χ0v) is 19.8. The van der Waals surface area contributed by atoms with Crippen LogP contribution in [0.15, 0.2) is 0 Å². The fraction of sp³-hybridized carbons (Fsp3) is 0.818. The average molecular weight is 479 g/mol. The summed E-state index contributed by atoms with van der Waals surface area (Å²) in [6.45, 7) is 4.51. The summed E-state index contributed by atoms with van der Waals surface area (Å²) in [7, 11) is 0. The topological polar surface area (TPSA) is 177 Å². The zero-order valence-electron chi connectivity index (χ0n) is 19.8. The minimum atomic E-state index is -1.30. The van der Waals surface area contributed by atoms with Crippen LogP contribution in [0.3, 0.4) is 0 Å². The standard InChI is InChI=1S/C22H38O11/c1-14(23)7-18(27)5-6-22(11-31-19(28)8-15(2)24,12-32-20(29)9-16(3)25)13-33-21(30)10-17(4)26/h14-17,23-26H,5-13H2,1-4H3. The van der Waals surface area contributed by atoms with Crippen LogP contribution in [-0.4, -0.2) is 88.4 Å². The summed E-state index contributed by atoms with van der Waals surface area (Å²) in [5.74, 6) is -2.52. The molecule has 33 heavy (non-hydrogen) atoms. The second-order valence-corrected chi connectivity index (χ2v) is 8.73. The van der Waals surface area contributed by atoms with Crippen LogP contribution in [-0.2, 0) is 33.4 Å². The fourth-order valence-electron chi connectivity index (χ4n) is 2.78. The zero-order chi connectivity index (χ0) is 25.6. The second kappa shape index (κ2) is 15.7. The van der Waals surface area contributed by atoms with Crippen molar-refractivity contribution in [1.82, 2.24) is 0 Å². The van der Waals surface area contributed by atoms with Crippen molar-refractivity contribution >= 4 is 23.7 Å². The highest BCUT2D eigenvalue weighted by Crippen LogP contribution is 2.28. The Balaban J connectivity index is 5.59. The normalized spacial score (nSPS) is 16.6. The monoisotopic (exact) mass is 478 g/mol. The first-order valence-electron chi connectivity index (χ1n) is 11.0. The third kappa shape index (κ3) is 16.2. The van der Waals surface area contributed by atoms with E-state index in [4.69, 9.17) is 14.2 Å². The number of aliphatic hydroxyl groups excluding tert-OH is 4. The van der Waals surface area contributed by atoms with E-state index in [9.17, 15) is 39.6 Å². The molecule has 11 nitrogen and oxygen atoms in total. The number of rotatable bonds is 17. The van der Waals surface area contributed by atoms with Gasteiger partial charge in [-0.05, 0) is 34.1 Å². The van der Waals surface area contributed by atoms with Gasteiger partial charge in [0.2, 0.25) is 0 Å². The lowest BCUT2D eigenvalue weighted by atomic mass is 9.84. The summed E-state index contributed by atoms with van der Waals surface area (Å²) < 4.78 is 15.7. The summed E-state index contributed by atoms with van der Waals surface area (Å²) in [5.41, 5.74) is -1.30. The molecule has 4 unspecified atom stereocenters. The first kappa shape index (κ1) is 30.9. The van der Waals surface area contributed by atoms with Crippen LogP contribution >= 0.6 is 0 Å². The summed E-state index contributed by atoms with van der Waals surface area (Å²) in [5, 5.41) is 37.6. The van der Waals surface area contributed by atoms with Gasteiger partial charge in [-0.1, -0.05) is 0 Å². The Bertz CT molecular complexity index is 516. The predicted octanol–water partition coefficient (Wildman–Crippen LogP) is 0.0353. The molecule has 192 valence electrons. The highest BCUT2D eigenvalue weighted by Gasteiger charge is 2.36. The molecule has 4 N–H and O–H groups in total. The summed E-state index contributed by atoms with van der Waals surface area (Å²) in [6.07, 6.45) is -4.79. The van der Waals surface area contributed by atoms with Crippen LogP contribution in [0.2, 0.25) is 0 Å². The highest BCUT2D eigenvalue weighted by molar-refractivity contribution is 5.79. The molecular weight excluding hydrogens is 440 g/mol. The minimum Gasteiger partial charge on any atom is -0.465 e. The van der Waals surface area contributed by atoms with Gasteiger partial charge in [0.25, 0.3) is 0 Å². The summed E-state index contributed by atoms with van der Waals surface area (Å²) in [6, 6.07) is 0. The maximum absolute atomic E-state index is 12.2. The molecular formula is C22H38O11. The fourth-order valence-corrected chi connectivity index (χ4v) is 2.78. The van der Waals surface area contributed by atoms with Gasteiger partial charge in [0, 0.05) is 12.8 Å². The first-order valence-corrected chi connectivity index (χ1v) is 11.0. The van der Waals surface area contributed by atoms with Crippen LogP contribution in [0.4, 0.5) is 0 Å². The molecule has 0 saturated heterocycles. The van der Waals surface area contributed by atoms with E-state index >= 15 is 0 Å². The van der Waals surface area contributed by atoms with Crippen molar-refractivity contribution in [3.05, 3.63) is 0 Å². The quantitative estimate of drug-likeness (QED) is 0.164. The van der Waals surface area contributed by atoms with Crippen molar-refractivity contribution < 1.29 is 53.8 Å². The molecule has 0 aliphatic heterocycles. The Labute approximate surface area is 194 Å². The van der Waals surface area contributed by atoms with E-state index in [0.29, 0.717) is 0 Å². The van der Waals surface area contributed by atoms with Gasteiger partial charge in [-0.25, -0.2) is 0 Å². The molecule has 0 rings (SSSR count). The number of carbonyl (C=O) groups excluding carboxylic acids is 4. The molecule has 0 aliphatic carbocycles. The van der Waals surface area contributed by atoms with Crippen molar-refractivity contribution in [2.45, 2.75) is 90.6 Å². The molecule has 0 heterocycles. The van der Waals surface area contributed by atoms with E-state index in [1.54, 1.807) is 0 Å². The molecule has 4 atom stereocenters. The smallest absolute Gasteiger partial charge is 0.308 e. The van der Waals surface area contributed by atoms with Crippen LogP contribution in [0, 0.1) is 5.41 Å². The third-order valence-corrected chi connectivity index (χ3v) is 4.46. The molecule has 11 heteroatoms. The lowest BCUT2D eigenvalue weighted by Crippen LogP contribution is -2.40. The number of Topliss-reactive ketones (excluding diaryl/α,β-unsaturated/α-hetero) is 1. The Morgan fingerprint density at radius 3 is 1.18 bits per heavy atom. The molecule has 0 aromatic heterocycles. The number of esters is 3. The largest absolute Gasteiger partial charge is 0.465 e. The molecule has 0 aliphatic rings. The molecule has 0 amide bonds. The highest BCUT2D eigenvalue weighted by atomic mass is 16.6. The summed E-state index contributed by atoms with van der Waals surface area (Å²) >= 11 is 0. The molecule has 0 radical (unpaired) electrons. The number of aliphatic hydroxyl groups is 4. The van der Waals surface area contributed by atoms with Crippen LogP contribution in [0.1, 0.15) is 66.2 Å². The Hall–Kier alpha value is -2.08. The van der Waals surface area contributed by atoms with E-state index in [0.717, 1.165) is 0 Å². The van der Waals surface area contributed by atoms with Gasteiger partial charge in [0.15, 0.2) is 0 Å². The number of ether oxygens (including phenoxy) is 3. The average Bonchev–Trinajstić information content (AvgIpc) is 2.64. The van der Waals surface area contributed by atoms with Crippen molar-refractivity contribution in [2.24, 2.45) is 5.41 Å². The number of carbonyl (C=O) groups is 4. The maximum Gasteiger partial charge on any atom is 0.308 e. The first-order chi connectivity index (χ1) is 15.2. The second-order valence-electron chi connectivity index (χ2n) is 8.73. The lowest BCUT2D eigenvalue weighted by molar-refractivity contribution is -0.164. The van der Waals surface area contributed by atoms with Gasteiger partial charge in [-0.15, -0.1) is 0 Å². The van der Waals surface area contributed by atoms with E-state index in [-0.39, 0.29) is 64.1 Å². The molecule has 0 bridgehead atoms. The molecule has 0 aromatic rings. The third-order valence-electron chi connectivity index (χ3n) is 4.46. The van der Waals surface area contributed by atoms with E-state index in [1.807, 2.05) is 0 Å². The van der Waals surface area contributed by atoms with Gasteiger partial charge in [0.05, 0.1) is 49.1 Å². The number of ketones is 1. The van der Waals surface area contributed by atoms with E-state index in [2.05, 4.69) is 0 Å². The van der Waals surface area contributed by atoms with Gasteiger partial charge in [-0.3, -0.25) is 19.2 Å². The SMILES string of the molecule is CC(O)CC(=O)CCC(COC(=O)CC(C)O)(COC(=O)CC(C)O)COC(=O)CC(C)O. The number of hydrogen-bond acceptors (Lipinski definition) is 11. The predicted molar refractivity (Wildman–Crippen MR) is 115 cm³/mol. The summed E-state index contributed by atoms with van der Waals surface area (Å²) in [4.78, 5) is 48.1. The number of hydrogen-bond donors (Lipinski definition) is 4. The Morgan fingerprint density at radius 2 is 0.909 bits per heavy atom. The van der Waals surface area contributed by atoms with Crippen molar-refractivity contribution in [2.75, 3.05) is 19.8 Å². The van der Waals surface area contributed by atoms with Crippen LogP contribution in [0.5, 0.6) is 0 Å². The van der Waals surface area contributed by atoms with Crippen molar-refractivity contribution in [3.8, 4) is 0 Å².